The number of hydrogen-bond donors (Lipinski definition) is 0. The lowest BCUT2D eigenvalue weighted by atomic mass is 10.2. The quantitative estimate of drug-likeness (QED) is 0.528. The Morgan fingerprint density at radius 1 is 1.11 bits per heavy atom. The maximum Gasteiger partial charge on any atom is 0.254 e. The van der Waals surface area contributed by atoms with E-state index in [0.717, 1.165) is 53.0 Å². The van der Waals surface area contributed by atoms with Gasteiger partial charge in [-0.05, 0) is 48.4 Å². The van der Waals surface area contributed by atoms with Crippen LogP contribution in [0, 0.1) is 0 Å². The Bertz CT molecular complexity index is 980. The number of thiazole rings is 1. The van der Waals surface area contributed by atoms with E-state index in [2.05, 4.69) is 42.3 Å². The fourth-order valence-corrected chi connectivity index (χ4v) is 5.61. The minimum absolute atomic E-state index is 0.132. The van der Waals surface area contributed by atoms with Crippen LogP contribution in [0.25, 0.3) is 10.2 Å². The highest BCUT2D eigenvalue weighted by atomic mass is 32.2. The van der Waals surface area contributed by atoms with E-state index in [4.69, 9.17) is 4.98 Å². The van der Waals surface area contributed by atoms with E-state index in [1.165, 1.54) is 9.60 Å². The smallest absolute Gasteiger partial charge is 0.254 e. The molecule has 0 spiro atoms. The van der Waals surface area contributed by atoms with Gasteiger partial charge < -0.3 is 9.80 Å². The van der Waals surface area contributed by atoms with Crippen LogP contribution in [0.4, 0.5) is 5.13 Å². The molecule has 0 atom stereocenters. The van der Waals surface area contributed by atoms with E-state index >= 15 is 0 Å². The van der Waals surface area contributed by atoms with Crippen LogP contribution < -0.4 is 4.90 Å². The normalized spacial score (nSPS) is 14.6. The van der Waals surface area contributed by atoms with E-state index in [1.807, 2.05) is 23.1 Å². The van der Waals surface area contributed by atoms with Crippen molar-refractivity contribution in [2.24, 2.45) is 0 Å². The molecule has 4 rings (SSSR count). The predicted molar refractivity (Wildman–Crippen MR) is 122 cm³/mol. The fraction of sp³-hybridized carbons (Fsp3) is 0.333. The van der Waals surface area contributed by atoms with Gasteiger partial charge in [0.1, 0.15) is 0 Å². The van der Waals surface area contributed by atoms with Crippen molar-refractivity contribution < 1.29 is 4.79 Å². The second kappa shape index (κ2) is 8.76. The standard InChI is InChI=1S/C21H23N3OS3/c1-3-27-17-6-4-5-15(13-17)20(25)23-9-11-24(12-10-23)21-22-18-8-7-16(26-2)14-19(18)28-21/h4-8,13-14H,3,9-12H2,1-2H3. The van der Waals surface area contributed by atoms with E-state index in [9.17, 15) is 4.79 Å². The number of amides is 1. The van der Waals surface area contributed by atoms with E-state index < -0.39 is 0 Å². The molecule has 0 bridgehead atoms. The highest BCUT2D eigenvalue weighted by Gasteiger charge is 2.24. The third-order valence-electron chi connectivity index (χ3n) is 4.81. The monoisotopic (exact) mass is 429 g/mol. The number of carbonyl (C=O) groups excluding carboxylic acids is 1. The van der Waals surface area contributed by atoms with Crippen LogP contribution >= 0.6 is 34.9 Å². The molecular formula is C21H23N3OS3. The van der Waals surface area contributed by atoms with E-state index in [0.29, 0.717) is 0 Å². The number of aromatic nitrogens is 1. The maximum absolute atomic E-state index is 12.9. The summed E-state index contributed by atoms with van der Waals surface area (Å²) in [5, 5.41) is 1.06. The van der Waals surface area contributed by atoms with Gasteiger partial charge >= 0.3 is 0 Å². The molecule has 1 amide bonds. The molecule has 0 N–H and O–H groups in total. The number of benzene rings is 2. The first-order valence-electron chi connectivity index (χ1n) is 9.39. The molecule has 4 nitrogen and oxygen atoms in total. The minimum atomic E-state index is 0.132. The number of rotatable bonds is 5. The summed E-state index contributed by atoms with van der Waals surface area (Å²) >= 11 is 5.26. The Kier molecular flexibility index (Phi) is 6.13. The molecule has 1 aromatic heterocycles. The van der Waals surface area contributed by atoms with Crippen molar-refractivity contribution in [1.82, 2.24) is 9.88 Å². The third kappa shape index (κ3) is 4.16. The molecule has 1 saturated heterocycles. The van der Waals surface area contributed by atoms with Gasteiger partial charge in [-0.15, -0.1) is 23.5 Å². The third-order valence-corrected chi connectivity index (χ3v) is 7.49. The summed E-state index contributed by atoms with van der Waals surface area (Å²) in [7, 11) is 0. The largest absolute Gasteiger partial charge is 0.345 e. The SMILES string of the molecule is CCSc1cccc(C(=O)N2CCN(c3nc4ccc(SC)cc4s3)CC2)c1. The van der Waals surface area contributed by atoms with Crippen LogP contribution in [0.5, 0.6) is 0 Å². The first kappa shape index (κ1) is 19.6. The molecule has 0 saturated carbocycles. The van der Waals surface area contributed by atoms with Gasteiger partial charge in [0.05, 0.1) is 10.2 Å². The van der Waals surface area contributed by atoms with Gasteiger partial charge in [0.15, 0.2) is 5.13 Å². The number of carbonyl (C=O) groups is 1. The van der Waals surface area contributed by atoms with Gasteiger partial charge in [-0.25, -0.2) is 4.98 Å². The number of anilines is 1. The molecular weight excluding hydrogens is 406 g/mol. The Morgan fingerprint density at radius 3 is 2.68 bits per heavy atom. The van der Waals surface area contributed by atoms with Crippen molar-refractivity contribution in [3.63, 3.8) is 0 Å². The molecule has 2 aromatic carbocycles. The molecule has 1 aliphatic rings. The topological polar surface area (TPSA) is 36.4 Å². The number of thioether (sulfide) groups is 2. The van der Waals surface area contributed by atoms with Crippen LogP contribution in [-0.2, 0) is 0 Å². The zero-order valence-corrected chi connectivity index (χ0v) is 18.5. The zero-order valence-electron chi connectivity index (χ0n) is 16.1. The van der Waals surface area contributed by atoms with Gasteiger partial charge in [0, 0.05) is 41.5 Å². The van der Waals surface area contributed by atoms with Gasteiger partial charge in [-0.1, -0.05) is 24.3 Å². The molecule has 3 aromatic rings. The van der Waals surface area contributed by atoms with Crippen LogP contribution in [0.1, 0.15) is 17.3 Å². The average molecular weight is 430 g/mol. The molecule has 2 heterocycles. The van der Waals surface area contributed by atoms with E-state index in [-0.39, 0.29) is 5.91 Å². The summed E-state index contributed by atoms with van der Waals surface area (Å²) in [6.07, 6.45) is 2.09. The van der Waals surface area contributed by atoms with E-state index in [1.54, 1.807) is 34.9 Å². The molecule has 0 unspecified atom stereocenters. The molecule has 28 heavy (non-hydrogen) atoms. The molecule has 0 aliphatic carbocycles. The average Bonchev–Trinajstić information content (AvgIpc) is 3.17. The Labute approximate surface area is 178 Å². The highest BCUT2D eigenvalue weighted by molar-refractivity contribution is 7.99. The van der Waals surface area contributed by atoms with Crippen LogP contribution in [-0.4, -0.2) is 54.0 Å². The second-order valence-corrected chi connectivity index (χ2v) is 9.80. The van der Waals surface area contributed by atoms with Crippen molar-refractivity contribution in [2.45, 2.75) is 16.7 Å². The van der Waals surface area contributed by atoms with Crippen molar-refractivity contribution in [3.05, 3.63) is 48.0 Å². The summed E-state index contributed by atoms with van der Waals surface area (Å²) in [6, 6.07) is 14.4. The first-order valence-corrected chi connectivity index (χ1v) is 12.4. The fourth-order valence-electron chi connectivity index (χ4n) is 3.32. The lowest BCUT2D eigenvalue weighted by Crippen LogP contribution is -2.48. The number of piperazine rings is 1. The van der Waals surface area contributed by atoms with Crippen molar-refractivity contribution >= 4 is 56.1 Å². The summed E-state index contributed by atoms with van der Waals surface area (Å²) in [4.78, 5) is 24.4. The minimum Gasteiger partial charge on any atom is -0.345 e. The highest BCUT2D eigenvalue weighted by Crippen LogP contribution is 2.32. The molecule has 7 heteroatoms. The van der Waals surface area contributed by atoms with Crippen LogP contribution in [0.15, 0.2) is 52.3 Å². The zero-order chi connectivity index (χ0) is 19.5. The summed E-state index contributed by atoms with van der Waals surface area (Å²) in [5.74, 6) is 1.14. The maximum atomic E-state index is 12.9. The van der Waals surface area contributed by atoms with Gasteiger partial charge in [0.2, 0.25) is 0 Å². The predicted octanol–water partition coefficient (Wildman–Crippen LogP) is 5.09. The number of nitrogens with zero attached hydrogens (tertiary/aromatic N) is 3. The molecule has 1 fully saturated rings. The lowest BCUT2D eigenvalue weighted by Gasteiger charge is -2.34. The molecule has 146 valence electrons. The molecule has 1 aliphatic heterocycles. The first-order chi connectivity index (χ1) is 13.7. The van der Waals surface area contributed by atoms with Gasteiger partial charge in [0.25, 0.3) is 5.91 Å². The van der Waals surface area contributed by atoms with Crippen LogP contribution in [0.3, 0.4) is 0 Å². The number of hydrogen-bond acceptors (Lipinski definition) is 6. The lowest BCUT2D eigenvalue weighted by molar-refractivity contribution is 0.0746. The summed E-state index contributed by atoms with van der Waals surface area (Å²) < 4.78 is 1.23. The Morgan fingerprint density at radius 2 is 1.93 bits per heavy atom. The summed E-state index contributed by atoms with van der Waals surface area (Å²) in [6.45, 7) is 5.24. The van der Waals surface area contributed by atoms with Gasteiger partial charge in [-0.3, -0.25) is 4.79 Å². The second-order valence-electron chi connectivity index (χ2n) is 6.57. The summed E-state index contributed by atoms with van der Waals surface area (Å²) in [5.41, 5.74) is 1.85. The van der Waals surface area contributed by atoms with Crippen LogP contribution in [0.2, 0.25) is 0 Å². The van der Waals surface area contributed by atoms with Crippen molar-refractivity contribution in [2.75, 3.05) is 43.1 Å². The number of fused-ring (bicyclic) bond motifs is 1. The Hall–Kier alpha value is -1.70. The van der Waals surface area contributed by atoms with Gasteiger partial charge in [-0.2, -0.15) is 0 Å². The van der Waals surface area contributed by atoms with Crippen molar-refractivity contribution in [1.29, 1.82) is 0 Å². The van der Waals surface area contributed by atoms with Crippen molar-refractivity contribution in [3.8, 4) is 0 Å². The molecule has 0 radical (unpaired) electrons. The Balaban J connectivity index is 1.43.